The lowest BCUT2D eigenvalue weighted by Gasteiger charge is -2.07. The molecule has 0 fully saturated rings. The molecule has 1 aromatic heterocycles. The number of hydrogen-bond acceptors (Lipinski definition) is 3. The summed E-state index contributed by atoms with van der Waals surface area (Å²) < 4.78 is 6.96. The smallest absolute Gasteiger partial charge is 0.119 e. The number of nitrogens with one attached hydrogen (secondary N) is 1. The summed E-state index contributed by atoms with van der Waals surface area (Å²) in [5.74, 6) is 0.887. The topological polar surface area (TPSA) is 39.1 Å². The van der Waals surface area contributed by atoms with Gasteiger partial charge in [0.2, 0.25) is 0 Å². The lowest BCUT2D eigenvalue weighted by atomic mass is 10.1. The van der Waals surface area contributed by atoms with Crippen LogP contribution in [-0.4, -0.2) is 16.9 Å². The third-order valence-electron chi connectivity index (χ3n) is 3.61. The van der Waals surface area contributed by atoms with Crippen LogP contribution >= 0.6 is 0 Å². The Kier molecular flexibility index (Phi) is 4.21. The lowest BCUT2D eigenvalue weighted by molar-refractivity contribution is 0.415. The number of benzene rings is 2. The molecule has 4 nitrogen and oxygen atoms in total. The highest BCUT2D eigenvalue weighted by Crippen LogP contribution is 2.21. The first-order valence-corrected chi connectivity index (χ1v) is 7.21. The Morgan fingerprint density at radius 2 is 1.91 bits per heavy atom. The van der Waals surface area contributed by atoms with Crippen molar-refractivity contribution in [1.82, 2.24) is 15.1 Å². The molecule has 0 amide bonds. The van der Waals surface area contributed by atoms with Gasteiger partial charge >= 0.3 is 0 Å². The maximum absolute atomic E-state index is 5.25. The number of nitrogens with zero attached hydrogens (tertiary/aromatic N) is 2. The Hall–Kier alpha value is -2.59. The van der Waals surface area contributed by atoms with E-state index >= 15 is 0 Å². The largest absolute Gasteiger partial charge is 0.497 e. The summed E-state index contributed by atoms with van der Waals surface area (Å²) in [6.45, 7) is 5.29. The molecule has 3 aromatic rings. The van der Waals surface area contributed by atoms with Crippen molar-refractivity contribution in [2.75, 3.05) is 7.11 Å². The fourth-order valence-electron chi connectivity index (χ4n) is 2.43. The van der Waals surface area contributed by atoms with Gasteiger partial charge in [0.25, 0.3) is 0 Å². The first kappa shape index (κ1) is 14.4. The zero-order valence-electron chi connectivity index (χ0n) is 12.6. The molecular formula is C18H19N3O. The lowest BCUT2D eigenvalue weighted by Crippen LogP contribution is -2.12. The van der Waals surface area contributed by atoms with Gasteiger partial charge in [0, 0.05) is 31.0 Å². The van der Waals surface area contributed by atoms with E-state index in [0.717, 1.165) is 24.4 Å². The zero-order chi connectivity index (χ0) is 15.4. The van der Waals surface area contributed by atoms with E-state index in [0.29, 0.717) is 0 Å². The van der Waals surface area contributed by atoms with Crippen molar-refractivity contribution in [2.24, 2.45) is 0 Å². The van der Waals surface area contributed by atoms with Crippen LogP contribution in [-0.2, 0) is 13.1 Å². The van der Waals surface area contributed by atoms with Gasteiger partial charge in [-0.25, -0.2) is 4.68 Å². The predicted molar refractivity (Wildman–Crippen MR) is 89.7 cm³/mol. The van der Waals surface area contributed by atoms with Gasteiger partial charge in [-0.1, -0.05) is 24.8 Å². The second kappa shape index (κ2) is 6.45. The Labute approximate surface area is 130 Å². The van der Waals surface area contributed by atoms with Gasteiger partial charge < -0.3 is 10.1 Å². The van der Waals surface area contributed by atoms with Crippen molar-refractivity contribution in [2.45, 2.75) is 13.1 Å². The van der Waals surface area contributed by atoms with Crippen molar-refractivity contribution < 1.29 is 4.74 Å². The maximum Gasteiger partial charge on any atom is 0.119 e. The molecule has 0 spiro atoms. The highest BCUT2D eigenvalue weighted by Gasteiger charge is 2.00. The molecule has 3 rings (SSSR count). The van der Waals surface area contributed by atoms with Gasteiger partial charge in [-0.05, 0) is 34.5 Å². The molecule has 1 N–H and O–H groups in total. The van der Waals surface area contributed by atoms with E-state index in [4.69, 9.17) is 4.74 Å². The first-order chi connectivity index (χ1) is 10.8. The van der Waals surface area contributed by atoms with E-state index < -0.39 is 0 Å². The maximum atomic E-state index is 5.25. The molecule has 22 heavy (non-hydrogen) atoms. The molecule has 2 aromatic carbocycles. The van der Waals surface area contributed by atoms with Crippen molar-refractivity contribution in [3.8, 4) is 5.75 Å². The summed E-state index contributed by atoms with van der Waals surface area (Å²) in [7, 11) is 1.69. The normalized spacial score (nSPS) is 10.8. The van der Waals surface area contributed by atoms with Gasteiger partial charge in [-0.15, -0.1) is 0 Å². The van der Waals surface area contributed by atoms with Crippen molar-refractivity contribution in [3.05, 3.63) is 66.5 Å². The molecule has 0 radical (unpaired) electrons. The van der Waals surface area contributed by atoms with Gasteiger partial charge in [0.05, 0.1) is 13.3 Å². The molecule has 0 bridgehead atoms. The third-order valence-corrected chi connectivity index (χ3v) is 3.61. The molecule has 4 heteroatoms. The molecule has 112 valence electrons. The van der Waals surface area contributed by atoms with E-state index in [2.05, 4.69) is 47.3 Å². The molecule has 0 atom stereocenters. The summed E-state index contributed by atoms with van der Waals surface area (Å²) in [5, 5.41) is 10.0. The average Bonchev–Trinajstić information content (AvgIpc) is 3.02. The van der Waals surface area contributed by atoms with Crippen LogP contribution in [0.3, 0.4) is 0 Å². The second-order valence-corrected chi connectivity index (χ2v) is 5.16. The molecule has 0 aliphatic rings. The van der Waals surface area contributed by atoms with Crippen molar-refractivity contribution in [1.29, 1.82) is 0 Å². The molecule has 1 heterocycles. The van der Waals surface area contributed by atoms with Gasteiger partial charge in [0.15, 0.2) is 0 Å². The molecular weight excluding hydrogens is 274 g/mol. The second-order valence-electron chi connectivity index (χ2n) is 5.16. The number of hydrogen-bond donors (Lipinski definition) is 1. The molecule has 0 saturated carbocycles. The highest BCUT2D eigenvalue weighted by atomic mass is 16.5. The third kappa shape index (κ3) is 3.18. The van der Waals surface area contributed by atoms with Crippen LogP contribution in [0.15, 0.2) is 55.4 Å². The standard InChI is InChI=1S/C18H19N3O/c1-3-21-13-15(12-20-21)11-19-10-14-4-5-17-9-18(22-2)7-6-16(17)8-14/h3-9,12-13,19H,1,10-11H2,2H3. The van der Waals surface area contributed by atoms with Crippen LogP contribution in [0.1, 0.15) is 11.1 Å². The van der Waals surface area contributed by atoms with E-state index in [-0.39, 0.29) is 0 Å². The van der Waals surface area contributed by atoms with Crippen molar-refractivity contribution >= 4 is 17.0 Å². The van der Waals surface area contributed by atoms with Gasteiger partial charge in [0.1, 0.15) is 5.75 Å². The highest BCUT2D eigenvalue weighted by molar-refractivity contribution is 5.84. The van der Waals surface area contributed by atoms with Crippen LogP contribution in [0.5, 0.6) is 5.75 Å². The summed E-state index contributed by atoms with van der Waals surface area (Å²) in [6.07, 6.45) is 5.50. The monoisotopic (exact) mass is 293 g/mol. The number of aromatic nitrogens is 2. The van der Waals surface area contributed by atoms with Crippen LogP contribution in [0.4, 0.5) is 0 Å². The average molecular weight is 293 g/mol. The number of ether oxygens (including phenoxy) is 1. The van der Waals surface area contributed by atoms with E-state index in [1.807, 2.05) is 18.5 Å². The fraction of sp³-hybridized carbons (Fsp3) is 0.167. The van der Waals surface area contributed by atoms with Crippen LogP contribution < -0.4 is 10.1 Å². The molecule has 0 aliphatic heterocycles. The van der Waals surface area contributed by atoms with Crippen LogP contribution in [0.2, 0.25) is 0 Å². The van der Waals surface area contributed by atoms with Crippen molar-refractivity contribution in [3.63, 3.8) is 0 Å². The van der Waals surface area contributed by atoms with Gasteiger partial charge in [-0.2, -0.15) is 5.10 Å². The minimum Gasteiger partial charge on any atom is -0.497 e. The minimum absolute atomic E-state index is 0.786. The molecule has 0 saturated heterocycles. The quantitative estimate of drug-likeness (QED) is 0.756. The molecule has 0 unspecified atom stereocenters. The van der Waals surface area contributed by atoms with E-state index in [1.165, 1.54) is 16.3 Å². The van der Waals surface area contributed by atoms with E-state index in [9.17, 15) is 0 Å². The Morgan fingerprint density at radius 3 is 2.68 bits per heavy atom. The summed E-state index contributed by atoms with van der Waals surface area (Å²) in [4.78, 5) is 0. The Bertz CT molecular complexity index is 792. The molecule has 0 aliphatic carbocycles. The number of rotatable bonds is 6. The number of fused-ring (bicyclic) bond motifs is 1. The summed E-state index contributed by atoms with van der Waals surface area (Å²) in [6, 6.07) is 12.6. The summed E-state index contributed by atoms with van der Waals surface area (Å²) in [5.41, 5.74) is 2.40. The fourth-order valence-corrected chi connectivity index (χ4v) is 2.43. The number of methoxy groups -OCH3 is 1. The zero-order valence-corrected chi connectivity index (χ0v) is 12.6. The van der Waals surface area contributed by atoms with Crippen LogP contribution in [0.25, 0.3) is 17.0 Å². The SMILES string of the molecule is C=Cn1cc(CNCc2ccc3cc(OC)ccc3c2)cn1. The first-order valence-electron chi connectivity index (χ1n) is 7.21. The Balaban J connectivity index is 1.65. The predicted octanol–water partition coefficient (Wildman–Crippen LogP) is 3.44. The Morgan fingerprint density at radius 1 is 1.14 bits per heavy atom. The minimum atomic E-state index is 0.786. The van der Waals surface area contributed by atoms with Gasteiger partial charge in [-0.3, -0.25) is 0 Å². The summed E-state index contributed by atoms with van der Waals surface area (Å²) >= 11 is 0. The van der Waals surface area contributed by atoms with Crippen LogP contribution in [0, 0.1) is 0 Å². The van der Waals surface area contributed by atoms with E-state index in [1.54, 1.807) is 18.0 Å².